The Balaban J connectivity index is 1.65. The van der Waals surface area contributed by atoms with Crippen LogP contribution in [0.25, 0.3) is 11.1 Å². The molecule has 2 aromatic rings. The number of carbonyl (C=O) groups excluding carboxylic acids is 1. The summed E-state index contributed by atoms with van der Waals surface area (Å²) < 4.78 is 35.3. The maximum atomic E-state index is 13.0. The van der Waals surface area contributed by atoms with Crippen LogP contribution in [-0.4, -0.2) is 36.0 Å². The molecule has 0 aromatic heterocycles. The summed E-state index contributed by atoms with van der Waals surface area (Å²) in [6, 6.07) is 17.3. The van der Waals surface area contributed by atoms with Gasteiger partial charge in [0.15, 0.2) is 0 Å². The lowest BCUT2D eigenvalue weighted by molar-refractivity contribution is -0.0275. The summed E-state index contributed by atoms with van der Waals surface area (Å²) in [5, 5.41) is 2.94. The Kier molecular flexibility index (Phi) is 11.0. The van der Waals surface area contributed by atoms with E-state index in [1.807, 2.05) is 0 Å². The van der Waals surface area contributed by atoms with Crippen molar-refractivity contribution in [1.29, 1.82) is 0 Å². The van der Waals surface area contributed by atoms with Gasteiger partial charge in [-0.25, -0.2) is 9.36 Å². The molecule has 1 N–H and O–H groups in total. The quantitative estimate of drug-likeness (QED) is 0.214. The van der Waals surface area contributed by atoms with Gasteiger partial charge in [0, 0.05) is 0 Å². The van der Waals surface area contributed by atoms with Gasteiger partial charge in [0.1, 0.15) is 5.60 Å². The predicted molar refractivity (Wildman–Crippen MR) is 160 cm³/mol. The Bertz CT molecular complexity index is 1120. The maximum absolute atomic E-state index is 13.0. The first kappa shape index (κ1) is 32.3. The minimum atomic E-state index is -3.74. The molecular weight excluding hydrogens is 525 g/mol. The highest BCUT2D eigenvalue weighted by molar-refractivity contribution is 7.48. The normalized spacial score (nSPS) is 21.7. The van der Waals surface area contributed by atoms with Gasteiger partial charge in [-0.05, 0) is 89.5 Å². The van der Waals surface area contributed by atoms with Crippen LogP contribution in [0.5, 0.6) is 0 Å². The smallest absolute Gasteiger partial charge is 0.444 e. The molecule has 8 heteroatoms. The zero-order valence-corrected chi connectivity index (χ0v) is 26.3. The number of hydrogen-bond acceptors (Lipinski definition) is 6. The van der Waals surface area contributed by atoms with Gasteiger partial charge in [0.2, 0.25) is 0 Å². The summed E-state index contributed by atoms with van der Waals surface area (Å²) >= 11 is 0. The van der Waals surface area contributed by atoms with Crippen molar-refractivity contribution >= 4 is 13.9 Å². The summed E-state index contributed by atoms with van der Waals surface area (Å²) in [5.74, 6) is 0. The van der Waals surface area contributed by atoms with Crippen LogP contribution in [0.3, 0.4) is 0 Å². The SMILES string of the molecule is CCCCCCc1ccc(-c2ccc(CCC3(NC(=O)OC(C)(C)C)COP(=O)(OC(C)(C)C)OC3)cc2)cc1. The number of unbranched alkanes of at least 4 members (excludes halogenated alkanes) is 3. The van der Waals surface area contributed by atoms with Crippen molar-refractivity contribution < 1.29 is 27.7 Å². The van der Waals surface area contributed by atoms with Crippen molar-refractivity contribution in [2.75, 3.05) is 13.2 Å². The molecule has 2 aromatic carbocycles. The van der Waals surface area contributed by atoms with Crippen molar-refractivity contribution in [1.82, 2.24) is 5.32 Å². The molecular formula is C32H48NO6P. The third-order valence-electron chi connectivity index (χ3n) is 6.60. The van der Waals surface area contributed by atoms with E-state index in [4.69, 9.17) is 18.3 Å². The number of phosphoric acid groups is 1. The van der Waals surface area contributed by atoms with Crippen molar-refractivity contribution in [3.05, 3.63) is 59.7 Å². The Morgan fingerprint density at radius 1 is 0.825 bits per heavy atom. The van der Waals surface area contributed by atoms with E-state index in [2.05, 4.69) is 60.8 Å². The fraction of sp³-hybridized carbons (Fsp3) is 0.594. The third-order valence-corrected chi connectivity index (χ3v) is 8.26. The first-order valence-electron chi connectivity index (χ1n) is 14.5. The Hall–Kier alpha value is -2.18. The van der Waals surface area contributed by atoms with Gasteiger partial charge in [-0.2, -0.15) is 0 Å². The molecule has 0 atom stereocenters. The molecule has 1 fully saturated rings. The Morgan fingerprint density at radius 2 is 1.35 bits per heavy atom. The molecule has 1 aliphatic rings. The van der Waals surface area contributed by atoms with Crippen molar-refractivity contribution in [2.45, 2.75) is 110 Å². The molecule has 1 amide bonds. The van der Waals surface area contributed by atoms with Gasteiger partial charge >= 0.3 is 13.9 Å². The highest BCUT2D eigenvalue weighted by Gasteiger charge is 2.46. The third kappa shape index (κ3) is 10.7. The summed E-state index contributed by atoms with van der Waals surface area (Å²) in [4.78, 5) is 12.7. The lowest BCUT2D eigenvalue weighted by Crippen LogP contribution is -2.58. The van der Waals surface area contributed by atoms with E-state index in [1.54, 1.807) is 41.5 Å². The standard InChI is InChI=1S/C32H48NO6P/c1-8-9-10-11-12-25-13-17-27(18-14-25)28-19-15-26(16-20-28)21-22-32(33-29(34)38-30(2,3)4)23-36-40(35,37-24-32)39-31(5,6)7/h13-20H,8-12,21-24H2,1-7H3,(H,33,34). The van der Waals surface area contributed by atoms with E-state index in [1.165, 1.54) is 36.8 Å². The minimum absolute atomic E-state index is 0.0114. The van der Waals surface area contributed by atoms with Gasteiger partial charge < -0.3 is 10.1 Å². The molecule has 1 aliphatic heterocycles. The molecule has 0 radical (unpaired) electrons. The number of hydrogen-bond donors (Lipinski definition) is 1. The molecule has 0 unspecified atom stereocenters. The van der Waals surface area contributed by atoms with Gasteiger partial charge in [0.05, 0.1) is 24.4 Å². The molecule has 0 bridgehead atoms. The molecule has 1 heterocycles. The van der Waals surface area contributed by atoms with Crippen molar-refractivity contribution in [3.63, 3.8) is 0 Å². The van der Waals surface area contributed by atoms with Crippen LogP contribution in [0.15, 0.2) is 48.5 Å². The predicted octanol–water partition coefficient (Wildman–Crippen LogP) is 8.64. The largest absolute Gasteiger partial charge is 0.475 e. The first-order chi connectivity index (χ1) is 18.7. The molecule has 1 saturated heterocycles. The summed E-state index contributed by atoms with van der Waals surface area (Å²) in [5.41, 5.74) is 2.57. The number of aryl methyl sites for hydroxylation is 2. The second kappa shape index (κ2) is 13.7. The number of amides is 1. The second-order valence-electron chi connectivity index (χ2n) is 12.8. The molecule has 0 saturated carbocycles. The van der Waals surface area contributed by atoms with Crippen LogP contribution in [0.4, 0.5) is 4.79 Å². The van der Waals surface area contributed by atoms with E-state index in [0.717, 1.165) is 17.5 Å². The average molecular weight is 574 g/mol. The Labute approximate surface area is 240 Å². The number of ether oxygens (including phenoxy) is 1. The zero-order valence-electron chi connectivity index (χ0n) is 25.4. The maximum Gasteiger partial charge on any atom is 0.475 e. The van der Waals surface area contributed by atoms with Gasteiger partial charge in [0.25, 0.3) is 0 Å². The number of benzene rings is 2. The highest BCUT2D eigenvalue weighted by atomic mass is 31.2. The summed E-state index contributed by atoms with van der Waals surface area (Å²) in [7, 11) is -3.74. The number of alkyl carbamates (subject to hydrolysis) is 1. The van der Waals surface area contributed by atoms with Crippen LogP contribution in [-0.2, 0) is 35.7 Å². The molecule has 0 spiro atoms. The zero-order chi connectivity index (χ0) is 29.4. The van der Waals surface area contributed by atoms with E-state index >= 15 is 0 Å². The van der Waals surface area contributed by atoms with Crippen molar-refractivity contribution in [3.8, 4) is 11.1 Å². The lowest BCUT2D eigenvalue weighted by atomic mass is 9.92. The van der Waals surface area contributed by atoms with E-state index in [0.29, 0.717) is 12.8 Å². The van der Waals surface area contributed by atoms with Crippen molar-refractivity contribution in [2.24, 2.45) is 0 Å². The van der Waals surface area contributed by atoms with Gasteiger partial charge in [-0.15, -0.1) is 0 Å². The molecule has 0 aliphatic carbocycles. The van der Waals surface area contributed by atoms with E-state index in [9.17, 15) is 9.36 Å². The van der Waals surface area contributed by atoms with Gasteiger partial charge in [-0.1, -0.05) is 74.7 Å². The summed E-state index contributed by atoms with van der Waals surface area (Å²) in [6.45, 7) is 13.0. The lowest BCUT2D eigenvalue weighted by Gasteiger charge is -2.41. The highest BCUT2D eigenvalue weighted by Crippen LogP contribution is 2.56. The monoisotopic (exact) mass is 573 g/mol. The second-order valence-corrected chi connectivity index (χ2v) is 14.4. The molecule has 222 valence electrons. The summed E-state index contributed by atoms with van der Waals surface area (Å²) in [6.07, 6.45) is 6.81. The number of phosphoric ester groups is 1. The average Bonchev–Trinajstić information content (AvgIpc) is 2.86. The number of nitrogens with one attached hydrogen (secondary N) is 1. The van der Waals surface area contributed by atoms with E-state index < -0.39 is 30.7 Å². The van der Waals surface area contributed by atoms with Crippen LogP contribution >= 0.6 is 7.82 Å². The molecule has 3 rings (SSSR count). The first-order valence-corrected chi connectivity index (χ1v) is 16.0. The number of rotatable bonds is 11. The van der Waals surface area contributed by atoms with Crippen LogP contribution in [0, 0.1) is 0 Å². The van der Waals surface area contributed by atoms with Crippen LogP contribution in [0.2, 0.25) is 0 Å². The Morgan fingerprint density at radius 3 is 1.82 bits per heavy atom. The fourth-order valence-corrected chi connectivity index (χ4v) is 6.20. The molecule has 40 heavy (non-hydrogen) atoms. The molecule has 7 nitrogen and oxygen atoms in total. The van der Waals surface area contributed by atoms with Crippen LogP contribution < -0.4 is 5.32 Å². The minimum Gasteiger partial charge on any atom is -0.444 e. The van der Waals surface area contributed by atoms with Gasteiger partial charge in [-0.3, -0.25) is 13.6 Å². The van der Waals surface area contributed by atoms with Crippen LogP contribution in [0.1, 0.15) is 91.7 Å². The fourth-order valence-electron chi connectivity index (χ4n) is 4.54. The topological polar surface area (TPSA) is 83.1 Å². The van der Waals surface area contributed by atoms with E-state index in [-0.39, 0.29) is 13.2 Å². The number of carbonyl (C=O) groups is 1.